The second-order valence-electron chi connectivity index (χ2n) is 7.73. The fourth-order valence-electron chi connectivity index (χ4n) is 3.36. The van der Waals surface area contributed by atoms with Crippen molar-refractivity contribution >= 4 is 0 Å². The molecule has 3 fully saturated rings. The van der Waals surface area contributed by atoms with Crippen molar-refractivity contribution in [2.45, 2.75) is 64.5 Å². The lowest BCUT2D eigenvalue weighted by molar-refractivity contribution is -0.0105. The van der Waals surface area contributed by atoms with Crippen LogP contribution in [0.5, 0.6) is 0 Å². The first-order valence-electron chi connectivity index (χ1n) is 8.72. The van der Waals surface area contributed by atoms with Gasteiger partial charge in [-0.05, 0) is 63.7 Å². The lowest BCUT2D eigenvalue weighted by Gasteiger charge is -2.43. The van der Waals surface area contributed by atoms with E-state index in [1.807, 2.05) is 0 Å². The third-order valence-corrected chi connectivity index (χ3v) is 5.35. The van der Waals surface area contributed by atoms with Gasteiger partial charge in [0.15, 0.2) is 0 Å². The summed E-state index contributed by atoms with van der Waals surface area (Å²) in [4.78, 5) is 2.75. The molecule has 1 heterocycles. The normalized spacial score (nSPS) is 26.4. The van der Waals surface area contributed by atoms with Crippen LogP contribution in [0, 0.1) is 11.3 Å². The van der Waals surface area contributed by atoms with Crippen molar-refractivity contribution in [3.63, 3.8) is 0 Å². The van der Waals surface area contributed by atoms with Gasteiger partial charge in [0.1, 0.15) is 0 Å². The van der Waals surface area contributed by atoms with Crippen LogP contribution < -0.4 is 5.32 Å². The molecule has 1 N–H and O–H groups in total. The van der Waals surface area contributed by atoms with E-state index < -0.39 is 0 Å². The van der Waals surface area contributed by atoms with Gasteiger partial charge in [0.05, 0.1) is 0 Å². The molecular weight excluding hydrogens is 248 g/mol. The highest BCUT2D eigenvalue weighted by Crippen LogP contribution is 2.36. The molecule has 2 saturated carbocycles. The van der Waals surface area contributed by atoms with Crippen molar-refractivity contribution in [3.8, 4) is 0 Å². The molecule has 3 heteroatoms. The van der Waals surface area contributed by atoms with Crippen LogP contribution in [0.2, 0.25) is 0 Å². The monoisotopic (exact) mass is 280 g/mol. The second-order valence-corrected chi connectivity index (χ2v) is 7.73. The molecular formula is C17H32N2O. The predicted molar refractivity (Wildman–Crippen MR) is 82.9 cm³/mol. The number of ether oxygens (including phenoxy) is 1. The van der Waals surface area contributed by atoms with Gasteiger partial charge >= 0.3 is 0 Å². The SMILES string of the molecule is CC(C)N(CC1CC1)CC1(CNC2CC2)CCOCC1. The van der Waals surface area contributed by atoms with E-state index in [9.17, 15) is 0 Å². The minimum Gasteiger partial charge on any atom is -0.381 e. The fraction of sp³-hybridized carbons (Fsp3) is 1.00. The van der Waals surface area contributed by atoms with E-state index in [1.54, 1.807) is 0 Å². The summed E-state index contributed by atoms with van der Waals surface area (Å²) >= 11 is 0. The summed E-state index contributed by atoms with van der Waals surface area (Å²) in [5.74, 6) is 0.991. The van der Waals surface area contributed by atoms with Crippen molar-refractivity contribution in [3.05, 3.63) is 0 Å². The van der Waals surface area contributed by atoms with Crippen LogP contribution in [0.4, 0.5) is 0 Å². The Morgan fingerprint density at radius 2 is 1.85 bits per heavy atom. The molecule has 0 atom stereocenters. The molecule has 116 valence electrons. The summed E-state index contributed by atoms with van der Waals surface area (Å²) < 4.78 is 5.64. The van der Waals surface area contributed by atoms with E-state index in [0.717, 1.165) is 25.2 Å². The third kappa shape index (κ3) is 4.19. The summed E-state index contributed by atoms with van der Waals surface area (Å²) in [5.41, 5.74) is 0.458. The Kier molecular flexibility index (Phi) is 4.68. The molecule has 0 radical (unpaired) electrons. The maximum absolute atomic E-state index is 5.64. The Bertz CT molecular complexity index is 304. The highest BCUT2D eigenvalue weighted by molar-refractivity contribution is 4.92. The first-order chi connectivity index (χ1) is 9.67. The van der Waals surface area contributed by atoms with Gasteiger partial charge in [-0.1, -0.05) is 0 Å². The van der Waals surface area contributed by atoms with Crippen molar-refractivity contribution in [2.75, 3.05) is 32.8 Å². The van der Waals surface area contributed by atoms with E-state index in [1.165, 1.54) is 58.2 Å². The molecule has 20 heavy (non-hydrogen) atoms. The average molecular weight is 280 g/mol. The molecule has 0 bridgehead atoms. The molecule has 1 aliphatic heterocycles. The molecule has 0 spiro atoms. The second kappa shape index (κ2) is 6.33. The quantitative estimate of drug-likeness (QED) is 0.740. The largest absolute Gasteiger partial charge is 0.381 e. The van der Waals surface area contributed by atoms with Gasteiger partial charge in [0, 0.05) is 44.9 Å². The lowest BCUT2D eigenvalue weighted by atomic mass is 9.79. The first kappa shape index (κ1) is 14.8. The molecule has 0 amide bonds. The summed E-state index contributed by atoms with van der Waals surface area (Å²) in [6.45, 7) is 10.4. The van der Waals surface area contributed by atoms with E-state index in [4.69, 9.17) is 4.74 Å². The van der Waals surface area contributed by atoms with Gasteiger partial charge in [0.2, 0.25) is 0 Å². The average Bonchev–Trinajstić information content (AvgIpc) is 3.32. The van der Waals surface area contributed by atoms with Crippen molar-refractivity contribution < 1.29 is 4.74 Å². The molecule has 3 nitrogen and oxygen atoms in total. The highest BCUT2D eigenvalue weighted by atomic mass is 16.5. The predicted octanol–water partition coefficient (Wildman–Crippen LogP) is 2.66. The number of rotatable bonds is 8. The maximum Gasteiger partial charge on any atom is 0.0472 e. The Hall–Kier alpha value is -0.120. The summed E-state index contributed by atoms with van der Waals surface area (Å²) in [5, 5.41) is 3.80. The number of hydrogen-bond donors (Lipinski definition) is 1. The zero-order valence-electron chi connectivity index (χ0n) is 13.4. The molecule has 1 saturated heterocycles. The lowest BCUT2D eigenvalue weighted by Crippen LogP contribution is -2.50. The molecule has 3 aliphatic rings. The number of nitrogens with one attached hydrogen (secondary N) is 1. The van der Waals surface area contributed by atoms with Crippen molar-refractivity contribution in [1.82, 2.24) is 10.2 Å². The van der Waals surface area contributed by atoms with E-state index in [0.29, 0.717) is 11.5 Å². The Labute approximate surface area is 124 Å². The minimum atomic E-state index is 0.458. The van der Waals surface area contributed by atoms with Gasteiger partial charge < -0.3 is 15.0 Å². The first-order valence-corrected chi connectivity index (χ1v) is 8.72. The topological polar surface area (TPSA) is 24.5 Å². The molecule has 2 aliphatic carbocycles. The van der Waals surface area contributed by atoms with Crippen LogP contribution in [-0.2, 0) is 4.74 Å². The zero-order chi connectivity index (χ0) is 14.0. The van der Waals surface area contributed by atoms with Crippen LogP contribution >= 0.6 is 0 Å². The Morgan fingerprint density at radius 1 is 1.15 bits per heavy atom. The van der Waals surface area contributed by atoms with Crippen molar-refractivity contribution in [2.24, 2.45) is 11.3 Å². The van der Waals surface area contributed by atoms with Gasteiger partial charge in [-0.15, -0.1) is 0 Å². The standard InChI is InChI=1S/C17H32N2O/c1-14(2)19(11-15-3-4-15)13-17(7-9-20-10-8-17)12-18-16-5-6-16/h14-16,18H,3-13H2,1-2H3. The summed E-state index contributed by atoms with van der Waals surface area (Å²) in [6, 6.07) is 1.50. The van der Waals surface area contributed by atoms with Crippen LogP contribution in [0.3, 0.4) is 0 Å². The van der Waals surface area contributed by atoms with E-state index in [-0.39, 0.29) is 0 Å². The van der Waals surface area contributed by atoms with Gasteiger partial charge in [-0.3, -0.25) is 0 Å². The maximum atomic E-state index is 5.64. The van der Waals surface area contributed by atoms with Crippen LogP contribution in [0.25, 0.3) is 0 Å². The molecule has 0 aromatic rings. The van der Waals surface area contributed by atoms with Gasteiger partial charge in [-0.2, -0.15) is 0 Å². The molecule has 0 aromatic heterocycles. The molecule has 0 aromatic carbocycles. The van der Waals surface area contributed by atoms with Crippen LogP contribution in [-0.4, -0.2) is 49.8 Å². The number of hydrogen-bond acceptors (Lipinski definition) is 3. The van der Waals surface area contributed by atoms with E-state index >= 15 is 0 Å². The molecule has 3 rings (SSSR count). The Balaban J connectivity index is 1.59. The van der Waals surface area contributed by atoms with Crippen LogP contribution in [0.1, 0.15) is 52.4 Å². The Morgan fingerprint density at radius 3 is 2.40 bits per heavy atom. The smallest absolute Gasteiger partial charge is 0.0472 e. The van der Waals surface area contributed by atoms with Crippen LogP contribution in [0.15, 0.2) is 0 Å². The summed E-state index contributed by atoms with van der Waals surface area (Å²) in [7, 11) is 0. The third-order valence-electron chi connectivity index (χ3n) is 5.35. The van der Waals surface area contributed by atoms with Gasteiger partial charge in [0.25, 0.3) is 0 Å². The number of nitrogens with zero attached hydrogens (tertiary/aromatic N) is 1. The fourth-order valence-corrected chi connectivity index (χ4v) is 3.36. The molecule has 0 unspecified atom stereocenters. The highest BCUT2D eigenvalue weighted by Gasteiger charge is 2.37. The van der Waals surface area contributed by atoms with E-state index in [2.05, 4.69) is 24.1 Å². The van der Waals surface area contributed by atoms with Gasteiger partial charge in [-0.25, -0.2) is 0 Å². The summed E-state index contributed by atoms with van der Waals surface area (Å²) in [6.07, 6.45) is 8.17. The van der Waals surface area contributed by atoms with Crippen molar-refractivity contribution in [1.29, 1.82) is 0 Å². The minimum absolute atomic E-state index is 0.458. The zero-order valence-corrected chi connectivity index (χ0v) is 13.4.